The summed E-state index contributed by atoms with van der Waals surface area (Å²) in [5, 5.41) is 0. The molecule has 0 saturated heterocycles. The molecule has 1 unspecified atom stereocenters. The first-order valence-electron chi connectivity index (χ1n) is 6.71. The van der Waals surface area contributed by atoms with Gasteiger partial charge in [-0.2, -0.15) is 0 Å². The van der Waals surface area contributed by atoms with Crippen LogP contribution in [0.15, 0.2) is 29.2 Å². The molecule has 0 bridgehead atoms. The number of benzene rings is 1. The van der Waals surface area contributed by atoms with Crippen molar-refractivity contribution >= 4 is 16.0 Å². The van der Waals surface area contributed by atoms with Gasteiger partial charge in [0.2, 0.25) is 10.0 Å². The first-order valence-corrected chi connectivity index (χ1v) is 8.19. The van der Waals surface area contributed by atoms with E-state index >= 15 is 0 Å². The van der Waals surface area contributed by atoms with Crippen molar-refractivity contribution in [2.75, 3.05) is 13.7 Å². The molecular formula is C14H22N2O4S. The summed E-state index contributed by atoms with van der Waals surface area (Å²) in [5.74, 6) is -0.257. The van der Waals surface area contributed by atoms with E-state index in [1.54, 1.807) is 0 Å². The Morgan fingerprint density at radius 3 is 2.57 bits per heavy atom. The van der Waals surface area contributed by atoms with Gasteiger partial charge in [0.1, 0.15) is 0 Å². The molecule has 1 aromatic carbocycles. The van der Waals surface area contributed by atoms with Crippen molar-refractivity contribution in [1.82, 2.24) is 4.72 Å². The summed E-state index contributed by atoms with van der Waals surface area (Å²) in [4.78, 5) is 11.5. The Morgan fingerprint density at radius 2 is 2.05 bits per heavy atom. The quantitative estimate of drug-likeness (QED) is 0.735. The van der Waals surface area contributed by atoms with E-state index in [2.05, 4.69) is 9.46 Å². The number of sulfonamides is 1. The second-order valence-corrected chi connectivity index (χ2v) is 6.92. The second kappa shape index (κ2) is 7.53. The van der Waals surface area contributed by atoms with Gasteiger partial charge in [-0.1, -0.05) is 19.9 Å². The van der Waals surface area contributed by atoms with E-state index < -0.39 is 16.0 Å². The monoisotopic (exact) mass is 314 g/mol. The highest BCUT2D eigenvalue weighted by atomic mass is 32.2. The minimum Gasteiger partial charge on any atom is -0.465 e. The molecule has 0 aliphatic heterocycles. The third kappa shape index (κ3) is 5.11. The largest absolute Gasteiger partial charge is 0.465 e. The normalized spacial score (nSPS) is 13.2. The van der Waals surface area contributed by atoms with Gasteiger partial charge in [0.15, 0.2) is 0 Å². The molecule has 1 aromatic rings. The average Bonchev–Trinajstić information content (AvgIpc) is 2.45. The Hall–Kier alpha value is -1.44. The average molecular weight is 314 g/mol. The zero-order chi connectivity index (χ0) is 16.0. The predicted molar refractivity (Wildman–Crippen MR) is 80.4 cm³/mol. The standard InChI is InChI=1S/C14H22N2O4S/c1-10(2)7-12(9-15)16-21(18,19)13-6-4-5-11(8-13)14(17)20-3/h4-6,8,10,12,16H,7,9,15H2,1-3H3. The maximum Gasteiger partial charge on any atom is 0.337 e. The molecule has 0 spiro atoms. The molecule has 7 heteroatoms. The molecule has 0 amide bonds. The van der Waals surface area contributed by atoms with Crippen LogP contribution in [0.5, 0.6) is 0 Å². The summed E-state index contributed by atoms with van der Waals surface area (Å²) in [5.41, 5.74) is 5.79. The number of nitrogens with one attached hydrogen (secondary N) is 1. The fraction of sp³-hybridized carbons (Fsp3) is 0.500. The number of carbonyl (C=O) groups is 1. The summed E-state index contributed by atoms with van der Waals surface area (Å²) < 4.78 is 31.8. The molecule has 0 aliphatic rings. The van der Waals surface area contributed by atoms with Crippen LogP contribution in [-0.4, -0.2) is 34.1 Å². The molecule has 1 rings (SSSR count). The van der Waals surface area contributed by atoms with E-state index in [4.69, 9.17) is 5.73 Å². The van der Waals surface area contributed by atoms with E-state index in [0.717, 1.165) is 0 Å². The Labute approximate surface area is 125 Å². The molecule has 6 nitrogen and oxygen atoms in total. The van der Waals surface area contributed by atoms with Crippen LogP contribution in [0, 0.1) is 5.92 Å². The Kier molecular flexibility index (Phi) is 6.32. The van der Waals surface area contributed by atoms with Gasteiger partial charge < -0.3 is 10.5 Å². The van der Waals surface area contributed by atoms with Gasteiger partial charge in [-0.15, -0.1) is 0 Å². The molecule has 0 fully saturated rings. The molecule has 0 saturated carbocycles. The van der Waals surface area contributed by atoms with Crippen LogP contribution in [0.1, 0.15) is 30.6 Å². The van der Waals surface area contributed by atoms with Crippen LogP contribution in [0.25, 0.3) is 0 Å². The van der Waals surface area contributed by atoms with Gasteiger partial charge in [-0.25, -0.2) is 17.9 Å². The van der Waals surface area contributed by atoms with Crippen LogP contribution in [-0.2, 0) is 14.8 Å². The lowest BCUT2D eigenvalue weighted by atomic mass is 10.1. The van der Waals surface area contributed by atoms with Gasteiger partial charge >= 0.3 is 5.97 Å². The molecule has 1 atom stereocenters. The van der Waals surface area contributed by atoms with Crippen molar-refractivity contribution in [3.05, 3.63) is 29.8 Å². The van der Waals surface area contributed by atoms with Crippen molar-refractivity contribution < 1.29 is 17.9 Å². The van der Waals surface area contributed by atoms with Gasteiger partial charge in [-0.05, 0) is 30.5 Å². The van der Waals surface area contributed by atoms with Crippen LogP contribution < -0.4 is 10.5 Å². The first-order chi connectivity index (χ1) is 9.80. The molecule has 0 aliphatic carbocycles. The minimum absolute atomic E-state index is 0.0209. The zero-order valence-electron chi connectivity index (χ0n) is 12.5. The molecule has 0 aromatic heterocycles. The Balaban J connectivity index is 2.99. The van der Waals surface area contributed by atoms with E-state index in [0.29, 0.717) is 12.3 Å². The highest BCUT2D eigenvalue weighted by Gasteiger charge is 2.21. The lowest BCUT2D eigenvalue weighted by molar-refractivity contribution is 0.0600. The van der Waals surface area contributed by atoms with Crippen molar-refractivity contribution in [3.63, 3.8) is 0 Å². The number of rotatable bonds is 7. The first kappa shape index (κ1) is 17.6. The predicted octanol–water partition coefficient (Wildman–Crippen LogP) is 1.12. The smallest absolute Gasteiger partial charge is 0.337 e. The number of hydrogen-bond acceptors (Lipinski definition) is 5. The SMILES string of the molecule is COC(=O)c1cccc(S(=O)(=O)NC(CN)CC(C)C)c1. The van der Waals surface area contributed by atoms with E-state index in [-0.39, 0.29) is 23.0 Å². The third-order valence-corrected chi connectivity index (χ3v) is 4.45. The van der Waals surface area contributed by atoms with Gasteiger partial charge in [0.25, 0.3) is 0 Å². The maximum atomic E-state index is 12.3. The Morgan fingerprint density at radius 1 is 1.38 bits per heavy atom. The molecule has 21 heavy (non-hydrogen) atoms. The fourth-order valence-electron chi connectivity index (χ4n) is 1.96. The van der Waals surface area contributed by atoms with Crippen molar-refractivity contribution in [2.45, 2.75) is 31.2 Å². The van der Waals surface area contributed by atoms with E-state index in [1.165, 1.54) is 31.4 Å². The molecule has 118 valence electrons. The third-order valence-electron chi connectivity index (χ3n) is 2.93. The lowest BCUT2D eigenvalue weighted by Gasteiger charge is -2.19. The van der Waals surface area contributed by atoms with Gasteiger partial charge in [0.05, 0.1) is 17.6 Å². The number of esters is 1. The van der Waals surface area contributed by atoms with E-state index in [1.807, 2.05) is 13.8 Å². The second-order valence-electron chi connectivity index (χ2n) is 5.20. The van der Waals surface area contributed by atoms with Crippen LogP contribution in [0.3, 0.4) is 0 Å². The number of methoxy groups -OCH3 is 1. The van der Waals surface area contributed by atoms with Crippen molar-refractivity contribution in [2.24, 2.45) is 11.7 Å². The highest BCUT2D eigenvalue weighted by Crippen LogP contribution is 2.14. The zero-order valence-corrected chi connectivity index (χ0v) is 13.3. The highest BCUT2D eigenvalue weighted by molar-refractivity contribution is 7.89. The van der Waals surface area contributed by atoms with Crippen LogP contribution >= 0.6 is 0 Å². The summed E-state index contributed by atoms with van der Waals surface area (Å²) >= 11 is 0. The number of carbonyl (C=O) groups excluding carboxylic acids is 1. The van der Waals surface area contributed by atoms with Crippen LogP contribution in [0.4, 0.5) is 0 Å². The minimum atomic E-state index is -3.72. The lowest BCUT2D eigenvalue weighted by Crippen LogP contribution is -2.41. The molecule has 0 radical (unpaired) electrons. The Bertz CT molecular complexity index is 584. The van der Waals surface area contributed by atoms with Gasteiger partial charge in [-0.3, -0.25) is 0 Å². The molecule has 3 N–H and O–H groups in total. The molecule has 0 heterocycles. The summed E-state index contributed by atoms with van der Waals surface area (Å²) in [6.45, 7) is 4.21. The van der Waals surface area contributed by atoms with Gasteiger partial charge in [0, 0.05) is 12.6 Å². The van der Waals surface area contributed by atoms with Crippen molar-refractivity contribution in [1.29, 1.82) is 0 Å². The maximum absolute atomic E-state index is 12.3. The molecular weight excluding hydrogens is 292 g/mol. The van der Waals surface area contributed by atoms with Crippen LogP contribution in [0.2, 0.25) is 0 Å². The fourth-order valence-corrected chi connectivity index (χ4v) is 3.26. The summed E-state index contributed by atoms with van der Waals surface area (Å²) in [7, 11) is -2.47. The topological polar surface area (TPSA) is 98.5 Å². The van der Waals surface area contributed by atoms with E-state index in [9.17, 15) is 13.2 Å². The number of ether oxygens (including phenoxy) is 1. The summed E-state index contributed by atoms with van der Waals surface area (Å²) in [6, 6.07) is 5.38. The number of nitrogens with two attached hydrogens (primary N) is 1. The van der Waals surface area contributed by atoms with Crippen molar-refractivity contribution in [3.8, 4) is 0 Å². The summed E-state index contributed by atoms with van der Waals surface area (Å²) in [6.07, 6.45) is 0.645. The number of hydrogen-bond donors (Lipinski definition) is 2.